The van der Waals surface area contributed by atoms with Gasteiger partial charge >= 0.3 is 0 Å². The highest BCUT2D eigenvalue weighted by Gasteiger charge is 2.24. The normalized spacial score (nSPS) is 15.3. The number of nitrogens with zero attached hydrogens (tertiary/aromatic N) is 1. The Morgan fingerprint density at radius 2 is 1.68 bits per heavy atom. The standard InChI is InChI=1S/C20H28N2O3/c1-14(2)16-5-7-17(8-6-16)20(25)22-12-10-18(11-13-22)21-19(24)9-4-15(3)23/h5-8,14,18H,4,9-13H2,1-3H3,(H,21,24). The molecule has 1 aliphatic rings. The molecule has 1 heterocycles. The fraction of sp³-hybridized carbons (Fsp3) is 0.550. The van der Waals surface area contributed by atoms with Gasteiger partial charge in [-0.05, 0) is 43.4 Å². The summed E-state index contributed by atoms with van der Waals surface area (Å²) in [5.74, 6) is 0.450. The minimum absolute atomic E-state index is 0.0269. The van der Waals surface area contributed by atoms with Crippen molar-refractivity contribution in [3.63, 3.8) is 0 Å². The molecule has 0 unspecified atom stereocenters. The maximum absolute atomic E-state index is 12.6. The van der Waals surface area contributed by atoms with Crippen LogP contribution in [0, 0.1) is 0 Å². The van der Waals surface area contributed by atoms with Crippen LogP contribution in [0.4, 0.5) is 0 Å². The molecule has 5 nitrogen and oxygen atoms in total. The van der Waals surface area contributed by atoms with E-state index in [9.17, 15) is 14.4 Å². The molecule has 0 spiro atoms. The minimum atomic E-state index is -0.0794. The summed E-state index contributed by atoms with van der Waals surface area (Å²) in [6, 6.07) is 7.91. The predicted octanol–water partition coefficient (Wildman–Crippen LogP) is 2.90. The van der Waals surface area contributed by atoms with Crippen LogP contribution in [0.1, 0.15) is 68.3 Å². The maximum atomic E-state index is 12.6. The van der Waals surface area contributed by atoms with E-state index in [1.54, 1.807) is 0 Å². The number of rotatable bonds is 6. The Balaban J connectivity index is 1.82. The van der Waals surface area contributed by atoms with E-state index in [0.29, 0.717) is 24.6 Å². The molecular weight excluding hydrogens is 316 g/mol. The zero-order valence-corrected chi connectivity index (χ0v) is 15.4. The van der Waals surface area contributed by atoms with Gasteiger partial charge in [0.25, 0.3) is 5.91 Å². The molecule has 1 fully saturated rings. The monoisotopic (exact) mass is 344 g/mol. The third-order valence-corrected chi connectivity index (χ3v) is 4.68. The highest BCUT2D eigenvalue weighted by atomic mass is 16.2. The number of likely N-dealkylation sites (tertiary alicyclic amines) is 1. The smallest absolute Gasteiger partial charge is 0.253 e. The van der Waals surface area contributed by atoms with Gasteiger partial charge in [0.1, 0.15) is 5.78 Å². The number of benzene rings is 1. The topological polar surface area (TPSA) is 66.5 Å². The van der Waals surface area contributed by atoms with Crippen LogP contribution in [0.3, 0.4) is 0 Å². The molecule has 0 radical (unpaired) electrons. The first-order valence-corrected chi connectivity index (χ1v) is 9.05. The van der Waals surface area contributed by atoms with Crippen molar-refractivity contribution in [2.75, 3.05) is 13.1 Å². The molecule has 5 heteroatoms. The second-order valence-electron chi connectivity index (χ2n) is 7.11. The summed E-state index contributed by atoms with van der Waals surface area (Å²) in [6.45, 7) is 7.04. The van der Waals surface area contributed by atoms with Crippen LogP contribution in [0.25, 0.3) is 0 Å². The lowest BCUT2D eigenvalue weighted by atomic mass is 10.00. The molecule has 1 aromatic carbocycles. The predicted molar refractivity (Wildman–Crippen MR) is 97.5 cm³/mol. The number of nitrogens with one attached hydrogen (secondary N) is 1. The van der Waals surface area contributed by atoms with Gasteiger partial charge in [-0.1, -0.05) is 26.0 Å². The Hall–Kier alpha value is -2.17. The van der Waals surface area contributed by atoms with E-state index in [1.807, 2.05) is 29.2 Å². The summed E-state index contributed by atoms with van der Waals surface area (Å²) in [6.07, 6.45) is 2.04. The molecular formula is C20H28N2O3. The Bertz CT molecular complexity index is 614. The average molecular weight is 344 g/mol. The highest BCUT2D eigenvalue weighted by molar-refractivity contribution is 5.94. The quantitative estimate of drug-likeness (QED) is 0.863. The number of piperidine rings is 1. The number of carbonyl (C=O) groups excluding carboxylic acids is 3. The number of Topliss-reactive ketones (excluding diaryl/α,β-unsaturated/α-hetero) is 1. The molecule has 25 heavy (non-hydrogen) atoms. The largest absolute Gasteiger partial charge is 0.353 e. The third-order valence-electron chi connectivity index (χ3n) is 4.68. The van der Waals surface area contributed by atoms with Crippen molar-refractivity contribution in [2.24, 2.45) is 0 Å². The molecule has 1 aliphatic heterocycles. The zero-order valence-electron chi connectivity index (χ0n) is 15.4. The van der Waals surface area contributed by atoms with Crippen molar-refractivity contribution in [1.82, 2.24) is 10.2 Å². The SMILES string of the molecule is CC(=O)CCC(=O)NC1CCN(C(=O)c2ccc(C(C)C)cc2)CC1. The molecule has 0 saturated carbocycles. The molecule has 2 rings (SSSR count). The van der Waals surface area contributed by atoms with E-state index in [-0.39, 0.29) is 36.5 Å². The summed E-state index contributed by atoms with van der Waals surface area (Å²) in [7, 11) is 0. The second-order valence-corrected chi connectivity index (χ2v) is 7.11. The Morgan fingerprint density at radius 3 is 2.20 bits per heavy atom. The Morgan fingerprint density at radius 1 is 1.08 bits per heavy atom. The van der Waals surface area contributed by atoms with Crippen molar-refractivity contribution in [3.05, 3.63) is 35.4 Å². The summed E-state index contributed by atoms with van der Waals surface area (Å²) >= 11 is 0. The molecule has 2 amide bonds. The van der Waals surface area contributed by atoms with E-state index in [1.165, 1.54) is 12.5 Å². The Labute approximate surface area is 149 Å². The second kappa shape index (κ2) is 8.79. The summed E-state index contributed by atoms with van der Waals surface area (Å²) in [5.41, 5.74) is 1.94. The van der Waals surface area contributed by atoms with Crippen LogP contribution in [0.5, 0.6) is 0 Å². The van der Waals surface area contributed by atoms with Gasteiger partial charge in [-0.25, -0.2) is 0 Å². The molecule has 1 N–H and O–H groups in total. The van der Waals surface area contributed by atoms with Crippen molar-refractivity contribution >= 4 is 17.6 Å². The van der Waals surface area contributed by atoms with Crippen molar-refractivity contribution in [2.45, 2.75) is 58.4 Å². The summed E-state index contributed by atoms with van der Waals surface area (Å²) < 4.78 is 0. The summed E-state index contributed by atoms with van der Waals surface area (Å²) in [5, 5.41) is 2.96. The zero-order chi connectivity index (χ0) is 18.4. The van der Waals surface area contributed by atoms with Gasteiger partial charge in [-0.2, -0.15) is 0 Å². The van der Waals surface area contributed by atoms with Gasteiger partial charge in [0.2, 0.25) is 5.91 Å². The minimum Gasteiger partial charge on any atom is -0.353 e. The lowest BCUT2D eigenvalue weighted by Gasteiger charge is -2.32. The van der Waals surface area contributed by atoms with Crippen molar-refractivity contribution in [3.8, 4) is 0 Å². The number of amides is 2. The van der Waals surface area contributed by atoms with Crippen LogP contribution < -0.4 is 5.32 Å². The fourth-order valence-electron chi connectivity index (χ4n) is 3.01. The summed E-state index contributed by atoms with van der Waals surface area (Å²) in [4.78, 5) is 37.2. The molecule has 0 aromatic heterocycles. The first-order valence-electron chi connectivity index (χ1n) is 9.05. The molecule has 136 valence electrons. The van der Waals surface area contributed by atoms with E-state index >= 15 is 0 Å². The average Bonchev–Trinajstić information content (AvgIpc) is 2.60. The van der Waals surface area contributed by atoms with Gasteiger partial charge < -0.3 is 15.0 Å². The van der Waals surface area contributed by atoms with Gasteiger partial charge in [-0.3, -0.25) is 9.59 Å². The van der Waals surface area contributed by atoms with E-state index < -0.39 is 0 Å². The van der Waals surface area contributed by atoms with Gasteiger partial charge in [-0.15, -0.1) is 0 Å². The molecule has 1 aromatic rings. The van der Waals surface area contributed by atoms with Crippen LogP contribution in [-0.2, 0) is 9.59 Å². The maximum Gasteiger partial charge on any atom is 0.253 e. The number of carbonyl (C=O) groups is 3. The first-order chi connectivity index (χ1) is 11.9. The Kier molecular flexibility index (Phi) is 6.73. The van der Waals surface area contributed by atoms with Crippen LogP contribution in [-0.4, -0.2) is 41.6 Å². The molecule has 1 saturated heterocycles. The number of hydrogen-bond acceptors (Lipinski definition) is 3. The van der Waals surface area contributed by atoms with Gasteiger partial charge in [0.05, 0.1) is 0 Å². The van der Waals surface area contributed by atoms with Crippen LogP contribution >= 0.6 is 0 Å². The molecule has 0 bridgehead atoms. The fourth-order valence-corrected chi connectivity index (χ4v) is 3.01. The van der Waals surface area contributed by atoms with Crippen LogP contribution in [0.15, 0.2) is 24.3 Å². The molecule has 0 aliphatic carbocycles. The van der Waals surface area contributed by atoms with E-state index in [0.717, 1.165) is 12.8 Å². The van der Waals surface area contributed by atoms with E-state index in [2.05, 4.69) is 19.2 Å². The van der Waals surface area contributed by atoms with Crippen molar-refractivity contribution in [1.29, 1.82) is 0 Å². The lowest BCUT2D eigenvalue weighted by Crippen LogP contribution is -2.46. The van der Waals surface area contributed by atoms with Crippen LogP contribution in [0.2, 0.25) is 0 Å². The molecule has 0 atom stereocenters. The van der Waals surface area contributed by atoms with Gasteiger partial charge in [0, 0.05) is 37.5 Å². The third kappa shape index (κ3) is 5.69. The van der Waals surface area contributed by atoms with E-state index in [4.69, 9.17) is 0 Å². The lowest BCUT2D eigenvalue weighted by molar-refractivity contribution is -0.125. The number of hydrogen-bond donors (Lipinski definition) is 1. The highest BCUT2D eigenvalue weighted by Crippen LogP contribution is 2.18. The number of ketones is 1. The first kappa shape index (κ1) is 19.2. The van der Waals surface area contributed by atoms with Gasteiger partial charge in [0.15, 0.2) is 0 Å². The van der Waals surface area contributed by atoms with Crippen molar-refractivity contribution < 1.29 is 14.4 Å².